The molecule has 8 nitrogen and oxygen atoms in total. The van der Waals surface area contributed by atoms with E-state index in [1.165, 1.54) is 7.11 Å². The molecule has 0 fully saturated rings. The van der Waals surface area contributed by atoms with Crippen molar-refractivity contribution >= 4 is 23.0 Å². The number of benzene rings is 2. The fourth-order valence-corrected chi connectivity index (χ4v) is 2.82. The molecule has 0 aliphatic carbocycles. The van der Waals surface area contributed by atoms with Crippen LogP contribution in [0.25, 0.3) is 11.0 Å². The van der Waals surface area contributed by atoms with Crippen LogP contribution < -0.4 is 10.1 Å². The maximum absolute atomic E-state index is 11.4. The Morgan fingerprint density at radius 3 is 2.68 bits per heavy atom. The Hall–Kier alpha value is -3.10. The summed E-state index contributed by atoms with van der Waals surface area (Å²) in [5.74, 6) is 0.707. The number of hydrogen-bond donors (Lipinski definition) is 3. The first kappa shape index (κ1) is 19.7. The Labute approximate surface area is 162 Å². The van der Waals surface area contributed by atoms with E-state index in [1.54, 1.807) is 24.3 Å². The Kier molecular flexibility index (Phi) is 6.46. The smallest absolute Gasteiger partial charge is 0.337 e. The molecule has 1 unspecified atom stereocenters. The second-order valence-electron chi connectivity index (χ2n) is 6.17. The van der Waals surface area contributed by atoms with E-state index in [1.807, 2.05) is 28.8 Å². The maximum Gasteiger partial charge on any atom is 0.337 e. The zero-order valence-corrected chi connectivity index (χ0v) is 15.5. The predicted molar refractivity (Wildman–Crippen MR) is 105 cm³/mol. The lowest BCUT2D eigenvalue weighted by Gasteiger charge is -2.16. The Morgan fingerprint density at radius 1 is 1.21 bits per heavy atom. The van der Waals surface area contributed by atoms with Gasteiger partial charge in [0.05, 0.1) is 36.9 Å². The van der Waals surface area contributed by atoms with Gasteiger partial charge in [0.1, 0.15) is 18.5 Å². The molecule has 0 radical (unpaired) electrons. The Morgan fingerprint density at radius 2 is 1.96 bits per heavy atom. The van der Waals surface area contributed by atoms with Gasteiger partial charge in [-0.25, -0.2) is 9.78 Å². The van der Waals surface area contributed by atoms with Crippen molar-refractivity contribution in [3.63, 3.8) is 0 Å². The van der Waals surface area contributed by atoms with Crippen LogP contribution >= 0.6 is 0 Å². The van der Waals surface area contributed by atoms with Gasteiger partial charge in [-0.1, -0.05) is 12.1 Å². The molecule has 0 bridgehead atoms. The van der Waals surface area contributed by atoms with E-state index in [0.717, 1.165) is 11.0 Å². The molecule has 0 saturated carbocycles. The molecule has 28 heavy (non-hydrogen) atoms. The number of hydrogen-bond acceptors (Lipinski definition) is 7. The highest BCUT2D eigenvalue weighted by Gasteiger charge is 2.15. The van der Waals surface area contributed by atoms with Gasteiger partial charge < -0.3 is 29.6 Å². The maximum atomic E-state index is 11.4. The van der Waals surface area contributed by atoms with E-state index in [9.17, 15) is 9.90 Å². The van der Waals surface area contributed by atoms with Gasteiger partial charge in [-0.15, -0.1) is 0 Å². The number of aliphatic hydroxyl groups excluding tert-OH is 2. The lowest BCUT2D eigenvalue weighted by Crippen LogP contribution is -2.25. The van der Waals surface area contributed by atoms with Crippen LogP contribution in [0.4, 0.5) is 5.95 Å². The van der Waals surface area contributed by atoms with E-state index in [4.69, 9.17) is 9.84 Å². The summed E-state index contributed by atoms with van der Waals surface area (Å²) < 4.78 is 12.1. The van der Waals surface area contributed by atoms with Crippen molar-refractivity contribution in [2.45, 2.75) is 12.6 Å². The normalized spacial score (nSPS) is 12.0. The van der Waals surface area contributed by atoms with Crippen LogP contribution in [0.2, 0.25) is 0 Å². The molecule has 8 heteroatoms. The lowest BCUT2D eigenvalue weighted by molar-refractivity contribution is 0.0600. The number of nitrogens with zero attached hydrogens (tertiary/aromatic N) is 2. The van der Waals surface area contributed by atoms with E-state index in [-0.39, 0.29) is 19.8 Å². The SMILES string of the molecule is COC(=O)c1ccc(OCC(O)Cn2c(NCCO)nc3ccccc32)cc1. The summed E-state index contributed by atoms with van der Waals surface area (Å²) in [5.41, 5.74) is 2.11. The molecule has 3 rings (SSSR count). The molecule has 2 aromatic carbocycles. The molecule has 0 aliphatic rings. The first-order valence-electron chi connectivity index (χ1n) is 8.91. The second-order valence-corrected chi connectivity index (χ2v) is 6.17. The van der Waals surface area contributed by atoms with Gasteiger partial charge in [0.15, 0.2) is 0 Å². The minimum absolute atomic E-state index is 0.0174. The number of rotatable bonds is 9. The molecule has 0 saturated heterocycles. The number of anilines is 1. The van der Waals surface area contributed by atoms with E-state index in [0.29, 0.717) is 23.8 Å². The number of fused-ring (bicyclic) bond motifs is 1. The quantitative estimate of drug-likeness (QED) is 0.481. The molecule has 1 atom stereocenters. The number of ether oxygens (including phenoxy) is 2. The topological polar surface area (TPSA) is 106 Å². The number of carbonyl (C=O) groups excluding carboxylic acids is 1. The zero-order chi connectivity index (χ0) is 19.9. The number of aliphatic hydroxyl groups is 2. The van der Waals surface area contributed by atoms with Gasteiger partial charge in [0.2, 0.25) is 5.95 Å². The van der Waals surface area contributed by atoms with Crippen LogP contribution in [0, 0.1) is 0 Å². The largest absolute Gasteiger partial charge is 0.491 e. The van der Waals surface area contributed by atoms with Crippen LogP contribution in [-0.4, -0.2) is 58.7 Å². The van der Waals surface area contributed by atoms with Gasteiger partial charge >= 0.3 is 5.97 Å². The molecule has 1 heterocycles. The molecule has 0 aliphatic heterocycles. The van der Waals surface area contributed by atoms with Crippen molar-refractivity contribution in [2.75, 3.05) is 32.2 Å². The standard InChI is InChI=1S/C20H23N3O5/c1-27-19(26)14-6-8-16(9-7-14)28-13-15(25)12-23-18-5-3-2-4-17(18)22-20(23)21-10-11-24/h2-9,15,24-25H,10-13H2,1H3,(H,21,22). The first-order valence-corrected chi connectivity index (χ1v) is 8.91. The summed E-state index contributed by atoms with van der Waals surface area (Å²) >= 11 is 0. The second kappa shape index (κ2) is 9.20. The number of methoxy groups -OCH3 is 1. The van der Waals surface area contributed by atoms with Crippen molar-refractivity contribution in [1.82, 2.24) is 9.55 Å². The molecule has 3 aromatic rings. The van der Waals surface area contributed by atoms with Crippen molar-refractivity contribution in [1.29, 1.82) is 0 Å². The minimum Gasteiger partial charge on any atom is -0.491 e. The van der Waals surface area contributed by atoms with Crippen LogP contribution in [0.3, 0.4) is 0 Å². The molecule has 0 amide bonds. The van der Waals surface area contributed by atoms with Gasteiger partial charge in [-0.3, -0.25) is 0 Å². The number of carbonyl (C=O) groups is 1. The van der Waals surface area contributed by atoms with Crippen molar-refractivity contribution < 1.29 is 24.5 Å². The average molecular weight is 385 g/mol. The van der Waals surface area contributed by atoms with Crippen LogP contribution in [0.15, 0.2) is 48.5 Å². The summed E-state index contributed by atoms with van der Waals surface area (Å²) in [6.07, 6.45) is -0.785. The van der Waals surface area contributed by atoms with Gasteiger partial charge in [0.25, 0.3) is 0 Å². The summed E-state index contributed by atoms with van der Waals surface area (Å²) in [6, 6.07) is 14.1. The van der Waals surface area contributed by atoms with Gasteiger partial charge in [-0.2, -0.15) is 0 Å². The summed E-state index contributed by atoms with van der Waals surface area (Å²) in [4.78, 5) is 16.0. The summed E-state index contributed by atoms with van der Waals surface area (Å²) in [6.45, 7) is 0.691. The van der Waals surface area contributed by atoms with Crippen molar-refractivity contribution in [3.05, 3.63) is 54.1 Å². The monoisotopic (exact) mass is 385 g/mol. The van der Waals surface area contributed by atoms with Gasteiger partial charge in [-0.05, 0) is 36.4 Å². The Balaban J connectivity index is 1.66. The molecule has 1 aromatic heterocycles. The van der Waals surface area contributed by atoms with Crippen molar-refractivity contribution in [3.8, 4) is 5.75 Å². The fourth-order valence-electron chi connectivity index (χ4n) is 2.82. The van der Waals surface area contributed by atoms with Gasteiger partial charge in [0, 0.05) is 6.54 Å². The average Bonchev–Trinajstić information content (AvgIpc) is 3.07. The predicted octanol–water partition coefficient (Wildman–Crippen LogP) is 1.67. The molecular weight excluding hydrogens is 362 g/mol. The minimum atomic E-state index is -0.785. The molecule has 3 N–H and O–H groups in total. The van der Waals surface area contributed by atoms with Crippen molar-refractivity contribution in [2.24, 2.45) is 0 Å². The third-order valence-electron chi connectivity index (χ3n) is 4.16. The fraction of sp³-hybridized carbons (Fsp3) is 0.300. The number of aromatic nitrogens is 2. The lowest BCUT2D eigenvalue weighted by atomic mass is 10.2. The number of nitrogens with one attached hydrogen (secondary N) is 1. The first-order chi connectivity index (χ1) is 13.6. The number of esters is 1. The number of imidazole rings is 1. The van der Waals surface area contributed by atoms with E-state index >= 15 is 0 Å². The third-order valence-corrected chi connectivity index (χ3v) is 4.16. The highest BCUT2D eigenvalue weighted by atomic mass is 16.5. The van der Waals surface area contributed by atoms with E-state index < -0.39 is 12.1 Å². The number of para-hydroxylation sites is 2. The highest BCUT2D eigenvalue weighted by Crippen LogP contribution is 2.20. The summed E-state index contributed by atoms with van der Waals surface area (Å²) in [7, 11) is 1.33. The zero-order valence-electron chi connectivity index (χ0n) is 15.5. The molecule has 0 spiro atoms. The molecular formula is C20H23N3O5. The van der Waals surface area contributed by atoms with Crippen LogP contribution in [-0.2, 0) is 11.3 Å². The van der Waals surface area contributed by atoms with Crippen LogP contribution in [0.1, 0.15) is 10.4 Å². The third kappa shape index (κ3) is 4.59. The summed E-state index contributed by atoms with van der Waals surface area (Å²) in [5, 5.41) is 22.6. The van der Waals surface area contributed by atoms with Crippen LogP contribution in [0.5, 0.6) is 5.75 Å². The highest BCUT2D eigenvalue weighted by molar-refractivity contribution is 5.89. The Bertz CT molecular complexity index is 923. The molecule has 148 valence electrons. The van der Waals surface area contributed by atoms with E-state index in [2.05, 4.69) is 15.0 Å².